The Kier molecular flexibility index (Phi) is 5.24. The highest BCUT2D eigenvalue weighted by atomic mass is 15.1. The lowest BCUT2D eigenvalue weighted by atomic mass is 10.1. The van der Waals surface area contributed by atoms with E-state index < -0.39 is 0 Å². The predicted molar refractivity (Wildman–Crippen MR) is 79.0 cm³/mol. The fraction of sp³-hybridized carbons (Fsp3) is 0.467. The molecule has 0 bridgehead atoms. The number of aromatic nitrogens is 2. The van der Waals surface area contributed by atoms with E-state index >= 15 is 0 Å². The summed E-state index contributed by atoms with van der Waals surface area (Å²) in [6.45, 7) is 6.25. The summed E-state index contributed by atoms with van der Waals surface area (Å²) in [4.78, 5) is 11.1. The molecule has 0 unspecified atom stereocenters. The molecule has 0 radical (unpaired) electrons. The minimum absolute atomic E-state index is 0.907. The normalized spacial score (nSPS) is 11.3. The Labute approximate surface area is 114 Å². The predicted octanol–water partition coefficient (Wildman–Crippen LogP) is 2.06. The molecule has 1 N–H and O–H groups in total. The van der Waals surface area contributed by atoms with E-state index in [0.29, 0.717) is 0 Å². The number of nitrogens with one attached hydrogen (secondary N) is 1. The number of para-hydroxylation sites is 1. The second-order valence-corrected chi connectivity index (χ2v) is 4.83. The van der Waals surface area contributed by atoms with E-state index in [4.69, 9.17) is 0 Å². The summed E-state index contributed by atoms with van der Waals surface area (Å²) in [5.41, 5.74) is 3.22. The molecule has 1 aromatic carbocycles. The van der Waals surface area contributed by atoms with Crippen molar-refractivity contribution in [2.75, 3.05) is 26.7 Å². The Morgan fingerprint density at radius 1 is 1.16 bits per heavy atom. The van der Waals surface area contributed by atoms with Gasteiger partial charge in [-0.15, -0.1) is 0 Å². The largest absolute Gasteiger partial charge is 0.315 e. The van der Waals surface area contributed by atoms with Gasteiger partial charge in [0.05, 0.1) is 11.0 Å². The molecule has 0 spiro atoms. The van der Waals surface area contributed by atoms with Crippen LogP contribution < -0.4 is 5.32 Å². The van der Waals surface area contributed by atoms with Crippen molar-refractivity contribution in [1.82, 2.24) is 20.2 Å². The first kappa shape index (κ1) is 13.9. The van der Waals surface area contributed by atoms with E-state index in [1.165, 1.54) is 12.0 Å². The van der Waals surface area contributed by atoms with Gasteiger partial charge in [-0.3, -0.25) is 9.97 Å². The summed E-state index contributed by atoms with van der Waals surface area (Å²) in [5.74, 6) is 0. The molecular formula is C15H22N4. The van der Waals surface area contributed by atoms with E-state index in [2.05, 4.69) is 46.3 Å². The fourth-order valence-corrected chi connectivity index (χ4v) is 2.12. The lowest BCUT2D eigenvalue weighted by molar-refractivity contribution is 0.325. The van der Waals surface area contributed by atoms with Gasteiger partial charge in [-0.2, -0.15) is 0 Å². The Bertz CT molecular complexity index is 507. The van der Waals surface area contributed by atoms with Gasteiger partial charge >= 0.3 is 0 Å². The number of benzene rings is 1. The lowest BCUT2D eigenvalue weighted by Crippen LogP contribution is -2.29. The van der Waals surface area contributed by atoms with E-state index in [1.54, 1.807) is 12.4 Å². The molecule has 2 aromatic rings. The molecule has 2 rings (SSSR count). The molecule has 0 atom stereocenters. The van der Waals surface area contributed by atoms with Crippen molar-refractivity contribution < 1.29 is 0 Å². The molecule has 0 saturated carbocycles. The minimum atomic E-state index is 0.907. The van der Waals surface area contributed by atoms with E-state index in [0.717, 1.165) is 37.2 Å². The van der Waals surface area contributed by atoms with Gasteiger partial charge < -0.3 is 10.2 Å². The monoisotopic (exact) mass is 258 g/mol. The third-order valence-corrected chi connectivity index (χ3v) is 3.12. The average molecular weight is 258 g/mol. The molecule has 102 valence electrons. The summed E-state index contributed by atoms with van der Waals surface area (Å²) in [5, 5.41) is 3.42. The van der Waals surface area contributed by atoms with Crippen molar-refractivity contribution >= 4 is 11.0 Å². The Hall–Kier alpha value is -1.52. The molecule has 0 aliphatic heterocycles. The molecule has 0 aliphatic rings. The second-order valence-electron chi connectivity index (χ2n) is 4.83. The van der Waals surface area contributed by atoms with Gasteiger partial charge in [-0.05, 0) is 31.6 Å². The third-order valence-electron chi connectivity index (χ3n) is 3.12. The summed E-state index contributed by atoms with van der Waals surface area (Å²) in [7, 11) is 2.14. The van der Waals surface area contributed by atoms with Gasteiger partial charge in [0.2, 0.25) is 0 Å². The van der Waals surface area contributed by atoms with Crippen molar-refractivity contribution in [3.05, 3.63) is 36.2 Å². The van der Waals surface area contributed by atoms with Gasteiger partial charge in [0.15, 0.2) is 0 Å². The zero-order valence-corrected chi connectivity index (χ0v) is 11.8. The highest BCUT2D eigenvalue weighted by Gasteiger charge is 2.05. The summed E-state index contributed by atoms with van der Waals surface area (Å²) < 4.78 is 0. The molecule has 0 saturated heterocycles. The van der Waals surface area contributed by atoms with Crippen LogP contribution in [-0.2, 0) is 6.54 Å². The number of likely N-dealkylation sites (N-methyl/N-ethyl adjacent to an activating group) is 1. The number of hydrogen-bond acceptors (Lipinski definition) is 4. The zero-order valence-electron chi connectivity index (χ0n) is 11.8. The smallest absolute Gasteiger partial charge is 0.0931 e. The number of hydrogen-bond donors (Lipinski definition) is 1. The van der Waals surface area contributed by atoms with E-state index in [1.807, 2.05) is 6.07 Å². The summed E-state index contributed by atoms with van der Waals surface area (Å²) >= 11 is 0. The zero-order chi connectivity index (χ0) is 13.5. The van der Waals surface area contributed by atoms with Crippen LogP contribution in [0.25, 0.3) is 11.0 Å². The SMILES string of the molecule is CCCNCCN(C)Cc1cccc2nccnc12. The lowest BCUT2D eigenvalue weighted by Gasteiger charge is -2.17. The first-order chi connectivity index (χ1) is 9.31. The third kappa shape index (κ3) is 3.98. The number of rotatable bonds is 7. The first-order valence-electron chi connectivity index (χ1n) is 6.89. The van der Waals surface area contributed by atoms with Crippen LogP contribution in [0.1, 0.15) is 18.9 Å². The van der Waals surface area contributed by atoms with Crippen LogP contribution in [0, 0.1) is 0 Å². The van der Waals surface area contributed by atoms with Gasteiger partial charge in [0, 0.05) is 32.0 Å². The van der Waals surface area contributed by atoms with Crippen LogP contribution in [0.5, 0.6) is 0 Å². The van der Waals surface area contributed by atoms with Crippen molar-refractivity contribution in [2.24, 2.45) is 0 Å². The fourth-order valence-electron chi connectivity index (χ4n) is 2.12. The summed E-state index contributed by atoms with van der Waals surface area (Å²) in [6.07, 6.45) is 4.68. The summed E-state index contributed by atoms with van der Waals surface area (Å²) in [6, 6.07) is 6.19. The van der Waals surface area contributed by atoms with E-state index in [-0.39, 0.29) is 0 Å². The average Bonchev–Trinajstić information content (AvgIpc) is 2.44. The van der Waals surface area contributed by atoms with Crippen LogP contribution in [0.2, 0.25) is 0 Å². The van der Waals surface area contributed by atoms with Crippen molar-refractivity contribution in [3.63, 3.8) is 0 Å². The molecule has 1 aromatic heterocycles. The molecule has 0 fully saturated rings. The Morgan fingerprint density at radius 3 is 2.84 bits per heavy atom. The highest BCUT2D eigenvalue weighted by molar-refractivity contribution is 5.77. The first-order valence-corrected chi connectivity index (χ1v) is 6.89. The van der Waals surface area contributed by atoms with Gasteiger partial charge in [0.1, 0.15) is 0 Å². The van der Waals surface area contributed by atoms with Gasteiger partial charge in [-0.1, -0.05) is 19.1 Å². The van der Waals surface area contributed by atoms with Crippen LogP contribution in [0.15, 0.2) is 30.6 Å². The van der Waals surface area contributed by atoms with Crippen LogP contribution in [0.3, 0.4) is 0 Å². The highest BCUT2D eigenvalue weighted by Crippen LogP contribution is 2.15. The van der Waals surface area contributed by atoms with Crippen LogP contribution in [-0.4, -0.2) is 41.5 Å². The number of fused-ring (bicyclic) bond motifs is 1. The molecule has 1 heterocycles. The van der Waals surface area contributed by atoms with Crippen LogP contribution >= 0.6 is 0 Å². The minimum Gasteiger partial charge on any atom is -0.315 e. The van der Waals surface area contributed by atoms with Crippen molar-refractivity contribution in [2.45, 2.75) is 19.9 Å². The maximum atomic E-state index is 4.44. The Balaban J connectivity index is 1.97. The molecule has 4 heteroatoms. The van der Waals surface area contributed by atoms with Crippen molar-refractivity contribution in [1.29, 1.82) is 0 Å². The van der Waals surface area contributed by atoms with Crippen molar-refractivity contribution in [3.8, 4) is 0 Å². The molecule has 0 aliphatic carbocycles. The Morgan fingerprint density at radius 2 is 2.00 bits per heavy atom. The van der Waals surface area contributed by atoms with Gasteiger partial charge in [-0.25, -0.2) is 0 Å². The quantitative estimate of drug-likeness (QED) is 0.772. The van der Waals surface area contributed by atoms with Gasteiger partial charge in [0.25, 0.3) is 0 Å². The molecule has 19 heavy (non-hydrogen) atoms. The maximum absolute atomic E-state index is 4.44. The molecule has 0 amide bonds. The molecular weight excluding hydrogens is 236 g/mol. The number of nitrogens with zero attached hydrogens (tertiary/aromatic N) is 3. The van der Waals surface area contributed by atoms with Crippen LogP contribution in [0.4, 0.5) is 0 Å². The maximum Gasteiger partial charge on any atom is 0.0931 e. The van der Waals surface area contributed by atoms with E-state index in [9.17, 15) is 0 Å². The second kappa shape index (κ2) is 7.16. The molecule has 4 nitrogen and oxygen atoms in total. The standard InChI is InChI=1S/C15H22N4/c1-3-7-16-10-11-19(2)12-13-5-4-6-14-15(13)18-9-8-17-14/h4-6,8-9,16H,3,7,10-12H2,1-2H3. The topological polar surface area (TPSA) is 41.0 Å².